The summed E-state index contributed by atoms with van der Waals surface area (Å²) in [5, 5.41) is 9.29. The Hall–Kier alpha value is -2.68. The summed E-state index contributed by atoms with van der Waals surface area (Å²) in [6, 6.07) is 15.2. The summed E-state index contributed by atoms with van der Waals surface area (Å²) in [5.41, 5.74) is 3.81. The van der Waals surface area contributed by atoms with Gasteiger partial charge in [0.2, 0.25) is 10.0 Å². The number of anilines is 1. The number of sulfonamides is 1. The zero-order valence-electron chi connectivity index (χ0n) is 17.6. The second-order valence-corrected chi connectivity index (χ2v) is 9.90. The van der Waals surface area contributed by atoms with Gasteiger partial charge in [0.05, 0.1) is 17.0 Å². The lowest BCUT2D eigenvalue weighted by atomic mass is 10.1. The fraction of sp³-hybridized carbons (Fsp3) is 0.273. The molecule has 0 saturated heterocycles. The first-order valence-electron chi connectivity index (χ1n) is 9.99. The molecule has 9 heteroatoms. The maximum atomic E-state index is 12.4. The topological polar surface area (TPSA) is 88.4 Å². The molecule has 4 rings (SSSR count). The van der Waals surface area contributed by atoms with Gasteiger partial charge >= 0.3 is 0 Å². The lowest BCUT2D eigenvalue weighted by molar-refractivity contribution is 0.569. The van der Waals surface area contributed by atoms with Crippen LogP contribution in [0.5, 0.6) is 0 Å². The molecule has 0 atom stereocenters. The van der Waals surface area contributed by atoms with E-state index >= 15 is 0 Å². The summed E-state index contributed by atoms with van der Waals surface area (Å²) >= 11 is 6.42. The minimum atomic E-state index is -3.43. The minimum absolute atomic E-state index is 0.0795. The molecule has 0 saturated carbocycles. The highest BCUT2D eigenvalue weighted by atomic mass is 35.5. The molecule has 0 bridgehead atoms. The Balaban J connectivity index is 1.68. The minimum Gasteiger partial charge on any atom is -0.365 e. The van der Waals surface area contributed by atoms with Gasteiger partial charge in [-0.05, 0) is 44.0 Å². The highest BCUT2D eigenvalue weighted by Gasteiger charge is 2.17. The van der Waals surface area contributed by atoms with Crippen LogP contribution in [0.3, 0.4) is 0 Å². The summed E-state index contributed by atoms with van der Waals surface area (Å²) in [6.45, 7) is 5.88. The number of halogens is 1. The van der Waals surface area contributed by atoms with Gasteiger partial charge in [-0.3, -0.25) is 0 Å². The second-order valence-electron chi connectivity index (χ2n) is 7.77. The predicted octanol–water partition coefficient (Wildman–Crippen LogP) is 4.28. The number of aromatic nitrogens is 3. The zero-order valence-corrected chi connectivity index (χ0v) is 19.1. The molecule has 0 radical (unpaired) electrons. The molecule has 7 nitrogen and oxygen atoms in total. The van der Waals surface area contributed by atoms with Crippen LogP contribution in [-0.2, 0) is 22.3 Å². The second kappa shape index (κ2) is 8.45. The molecular formula is C22H24ClN5O2S. The van der Waals surface area contributed by atoms with Crippen molar-refractivity contribution >= 4 is 44.0 Å². The third-order valence-corrected chi connectivity index (χ3v) is 6.86. The average molecular weight is 458 g/mol. The van der Waals surface area contributed by atoms with Crippen molar-refractivity contribution in [1.29, 1.82) is 0 Å². The molecule has 4 aromatic rings. The van der Waals surface area contributed by atoms with E-state index in [1.54, 1.807) is 18.4 Å². The standard InChI is InChI=1S/C22H24ClN5O2S/c1-14(2)27-31(29,30)13-17-9-5-4-8-16(17)12-24-21-18-10-6-7-11-19(18)28-22(25-21)20(23)15(3)26-28/h4-11,14,27H,12-13H2,1-3H3,(H,24,25). The fourth-order valence-corrected chi connectivity index (χ4v) is 5.23. The number of benzene rings is 2. The number of rotatable bonds is 7. The van der Waals surface area contributed by atoms with Crippen molar-refractivity contribution in [2.45, 2.75) is 39.1 Å². The van der Waals surface area contributed by atoms with Crippen LogP contribution in [0.1, 0.15) is 30.7 Å². The van der Waals surface area contributed by atoms with Crippen molar-refractivity contribution in [2.24, 2.45) is 0 Å². The molecule has 0 aliphatic carbocycles. The molecule has 0 spiro atoms. The van der Waals surface area contributed by atoms with Gasteiger partial charge in [-0.15, -0.1) is 0 Å². The van der Waals surface area contributed by atoms with Crippen LogP contribution in [0.15, 0.2) is 48.5 Å². The van der Waals surface area contributed by atoms with E-state index in [0.29, 0.717) is 28.7 Å². The highest BCUT2D eigenvalue weighted by Crippen LogP contribution is 2.28. The molecule has 2 N–H and O–H groups in total. The van der Waals surface area contributed by atoms with E-state index in [1.165, 1.54) is 0 Å². The molecule has 0 unspecified atom stereocenters. The monoisotopic (exact) mass is 457 g/mol. The summed E-state index contributed by atoms with van der Waals surface area (Å²) < 4.78 is 29.2. The molecule has 2 aromatic carbocycles. The van der Waals surface area contributed by atoms with Crippen LogP contribution in [0.4, 0.5) is 5.82 Å². The van der Waals surface area contributed by atoms with E-state index in [0.717, 1.165) is 22.0 Å². The SMILES string of the molecule is Cc1nn2c(nc(NCc3ccccc3CS(=O)(=O)NC(C)C)c3ccccc32)c1Cl. The molecule has 162 valence electrons. The first-order chi connectivity index (χ1) is 14.7. The van der Waals surface area contributed by atoms with Crippen molar-refractivity contribution in [3.05, 3.63) is 70.4 Å². The van der Waals surface area contributed by atoms with Crippen LogP contribution in [0.2, 0.25) is 5.02 Å². The summed E-state index contributed by atoms with van der Waals surface area (Å²) in [4.78, 5) is 4.71. The zero-order chi connectivity index (χ0) is 22.2. The Labute approximate surface area is 186 Å². The number of nitrogens with one attached hydrogen (secondary N) is 2. The van der Waals surface area contributed by atoms with Crippen molar-refractivity contribution in [1.82, 2.24) is 19.3 Å². The number of fused-ring (bicyclic) bond motifs is 3. The van der Waals surface area contributed by atoms with Gasteiger partial charge in [0.15, 0.2) is 5.65 Å². The van der Waals surface area contributed by atoms with E-state index in [9.17, 15) is 8.42 Å². The van der Waals surface area contributed by atoms with Crippen molar-refractivity contribution in [2.75, 3.05) is 5.32 Å². The van der Waals surface area contributed by atoms with Crippen molar-refractivity contribution in [3.63, 3.8) is 0 Å². The Morgan fingerprint density at radius 1 is 1.06 bits per heavy atom. The number of para-hydroxylation sites is 1. The quantitative estimate of drug-likeness (QED) is 0.432. The maximum Gasteiger partial charge on any atom is 0.216 e. The van der Waals surface area contributed by atoms with Crippen LogP contribution < -0.4 is 10.0 Å². The largest absolute Gasteiger partial charge is 0.365 e. The number of hydrogen-bond donors (Lipinski definition) is 2. The smallest absolute Gasteiger partial charge is 0.216 e. The normalized spacial score (nSPS) is 12.2. The molecule has 2 aromatic heterocycles. The lowest BCUT2D eigenvalue weighted by Crippen LogP contribution is -2.31. The first-order valence-corrected chi connectivity index (χ1v) is 12.0. The van der Waals surface area contributed by atoms with Crippen LogP contribution in [0.25, 0.3) is 16.6 Å². The maximum absolute atomic E-state index is 12.4. The number of aryl methyl sites for hydroxylation is 1. The predicted molar refractivity (Wildman–Crippen MR) is 125 cm³/mol. The van der Waals surface area contributed by atoms with Gasteiger partial charge in [0, 0.05) is 18.0 Å². The van der Waals surface area contributed by atoms with E-state index in [4.69, 9.17) is 16.6 Å². The molecule has 0 aliphatic rings. The number of hydrogen-bond acceptors (Lipinski definition) is 5. The summed E-state index contributed by atoms with van der Waals surface area (Å²) in [7, 11) is -3.43. The molecular weight excluding hydrogens is 434 g/mol. The Bertz CT molecular complexity index is 1370. The molecule has 31 heavy (non-hydrogen) atoms. The summed E-state index contributed by atoms with van der Waals surface area (Å²) in [6.07, 6.45) is 0. The van der Waals surface area contributed by atoms with Crippen molar-refractivity contribution < 1.29 is 8.42 Å². The van der Waals surface area contributed by atoms with E-state index < -0.39 is 10.0 Å². The molecule has 2 heterocycles. The molecule has 0 amide bonds. The third kappa shape index (κ3) is 4.51. The number of nitrogens with zero attached hydrogens (tertiary/aromatic N) is 3. The van der Waals surface area contributed by atoms with Gasteiger partial charge in [-0.1, -0.05) is 48.0 Å². The summed E-state index contributed by atoms with van der Waals surface area (Å²) in [5.74, 6) is 0.590. The third-order valence-electron chi connectivity index (χ3n) is 4.90. The van der Waals surface area contributed by atoms with Gasteiger partial charge in [-0.2, -0.15) is 5.10 Å². The van der Waals surface area contributed by atoms with Gasteiger partial charge in [0.1, 0.15) is 10.8 Å². The van der Waals surface area contributed by atoms with E-state index in [-0.39, 0.29) is 11.8 Å². The first kappa shape index (κ1) is 21.5. The Kier molecular flexibility index (Phi) is 5.88. The van der Waals surface area contributed by atoms with Gasteiger partial charge in [0.25, 0.3) is 0 Å². The van der Waals surface area contributed by atoms with Gasteiger partial charge < -0.3 is 5.32 Å². The van der Waals surface area contributed by atoms with Crippen LogP contribution in [-0.4, -0.2) is 29.1 Å². The van der Waals surface area contributed by atoms with E-state index in [1.807, 2.05) is 55.5 Å². The lowest BCUT2D eigenvalue weighted by Gasteiger charge is -2.14. The average Bonchev–Trinajstić information content (AvgIpc) is 3.00. The van der Waals surface area contributed by atoms with Gasteiger partial charge in [-0.25, -0.2) is 22.6 Å². The van der Waals surface area contributed by atoms with E-state index in [2.05, 4.69) is 15.1 Å². The Morgan fingerprint density at radius 2 is 1.74 bits per heavy atom. The molecule has 0 fully saturated rings. The molecule has 0 aliphatic heterocycles. The van der Waals surface area contributed by atoms with Crippen LogP contribution >= 0.6 is 11.6 Å². The fourth-order valence-electron chi connectivity index (χ4n) is 3.58. The van der Waals surface area contributed by atoms with Crippen LogP contribution in [0, 0.1) is 6.92 Å². The Morgan fingerprint density at radius 3 is 2.48 bits per heavy atom. The highest BCUT2D eigenvalue weighted by molar-refractivity contribution is 7.88. The van der Waals surface area contributed by atoms with Crippen molar-refractivity contribution in [3.8, 4) is 0 Å².